The average molecular weight is 495 g/mol. The van der Waals surface area contributed by atoms with Crippen molar-refractivity contribution in [1.29, 1.82) is 0 Å². The number of rotatable bonds is 12. The molecule has 0 aliphatic carbocycles. The quantitative estimate of drug-likeness (QED) is 0.332. The summed E-state index contributed by atoms with van der Waals surface area (Å²) >= 11 is 0. The van der Waals surface area contributed by atoms with Crippen LogP contribution >= 0.6 is 0 Å². The molecule has 0 unspecified atom stereocenters. The summed E-state index contributed by atoms with van der Waals surface area (Å²) < 4.78 is 11.8. The number of benzene rings is 2. The third-order valence-electron chi connectivity index (χ3n) is 7.20. The van der Waals surface area contributed by atoms with Gasteiger partial charge in [0.1, 0.15) is 11.5 Å². The summed E-state index contributed by atoms with van der Waals surface area (Å²) in [7, 11) is 4.35. The maximum absolute atomic E-state index is 12.9. The number of hydrogen-bond acceptors (Lipinski definition) is 7. The van der Waals surface area contributed by atoms with Crippen LogP contribution in [0.5, 0.6) is 11.5 Å². The molecule has 4 rings (SSSR count). The summed E-state index contributed by atoms with van der Waals surface area (Å²) in [6.07, 6.45) is 2.02. The molecule has 2 heterocycles. The van der Waals surface area contributed by atoms with Gasteiger partial charge in [-0.1, -0.05) is 0 Å². The second kappa shape index (κ2) is 13.7. The summed E-state index contributed by atoms with van der Waals surface area (Å²) in [5, 5.41) is 0. The summed E-state index contributed by atoms with van der Waals surface area (Å²) in [6, 6.07) is 15.0. The first-order valence-corrected chi connectivity index (χ1v) is 13.4. The standard InChI is InChI=1S/C29H42N4O3/c1-30-15-19-32(20-16-30)13-3-23-35-27-9-5-25(6-10-27)29(34)26-7-11-28(12-8-26)36-24-4-14-33-21-17-31(2)18-22-33/h5-12H,3-4,13-24H2,1-2H3. The van der Waals surface area contributed by atoms with Crippen molar-refractivity contribution in [1.82, 2.24) is 19.6 Å². The zero-order chi connectivity index (χ0) is 25.2. The number of hydrogen-bond donors (Lipinski definition) is 0. The summed E-state index contributed by atoms with van der Waals surface area (Å²) in [5.74, 6) is 1.63. The van der Waals surface area contributed by atoms with Gasteiger partial charge in [0.05, 0.1) is 13.2 Å². The number of ketones is 1. The molecule has 2 saturated heterocycles. The van der Waals surface area contributed by atoms with Crippen molar-refractivity contribution in [3.63, 3.8) is 0 Å². The molecule has 2 aliphatic rings. The van der Waals surface area contributed by atoms with Crippen LogP contribution in [0.2, 0.25) is 0 Å². The van der Waals surface area contributed by atoms with Gasteiger partial charge in [-0.3, -0.25) is 4.79 Å². The fourth-order valence-electron chi connectivity index (χ4n) is 4.67. The van der Waals surface area contributed by atoms with Crippen LogP contribution in [0.25, 0.3) is 0 Å². The van der Waals surface area contributed by atoms with Gasteiger partial charge in [0.15, 0.2) is 5.78 Å². The van der Waals surface area contributed by atoms with Crippen LogP contribution in [-0.2, 0) is 0 Å². The highest BCUT2D eigenvalue weighted by atomic mass is 16.5. The first-order chi connectivity index (χ1) is 17.6. The molecule has 7 nitrogen and oxygen atoms in total. The van der Waals surface area contributed by atoms with E-state index >= 15 is 0 Å². The number of ether oxygens (including phenoxy) is 2. The van der Waals surface area contributed by atoms with Gasteiger partial charge in [-0.2, -0.15) is 0 Å². The van der Waals surface area contributed by atoms with E-state index in [0.29, 0.717) is 24.3 Å². The number of likely N-dealkylation sites (N-methyl/N-ethyl adjacent to an activating group) is 2. The third-order valence-corrected chi connectivity index (χ3v) is 7.20. The Morgan fingerprint density at radius 3 is 1.33 bits per heavy atom. The predicted octanol–water partition coefficient (Wildman–Crippen LogP) is 2.95. The molecule has 0 spiro atoms. The van der Waals surface area contributed by atoms with E-state index in [9.17, 15) is 4.79 Å². The highest BCUT2D eigenvalue weighted by molar-refractivity contribution is 6.09. The van der Waals surface area contributed by atoms with E-state index in [1.165, 1.54) is 0 Å². The molecule has 2 fully saturated rings. The number of carbonyl (C=O) groups is 1. The maximum atomic E-state index is 12.9. The highest BCUT2D eigenvalue weighted by Gasteiger charge is 2.14. The average Bonchev–Trinajstić information content (AvgIpc) is 2.91. The van der Waals surface area contributed by atoms with Crippen LogP contribution in [0.1, 0.15) is 28.8 Å². The Balaban J connectivity index is 1.14. The van der Waals surface area contributed by atoms with Crippen LogP contribution in [0.3, 0.4) is 0 Å². The molecule has 0 N–H and O–H groups in total. The Labute approximate surface area is 216 Å². The highest BCUT2D eigenvalue weighted by Crippen LogP contribution is 2.18. The molecule has 36 heavy (non-hydrogen) atoms. The molecule has 2 aromatic carbocycles. The van der Waals surface area contributed by atoms with Gasteiger partial charge in [0.2, 0.25) is 0 Å². The first kappa shape index (κ1) is 26.6. The normalized spacial score (nSPS) is 18.3. The van der Waals surface area contributed by atoms with E-state index in [1.54, 1.807) is 0 Å². The number of carbonyl (C=O) groups excluding carboxylic acids is 1. The van der Waals surface area contributed by atoms with Gasteiger partial charge in [-0.15, -0.1) is 0 Å². The molecule has 0 atom stereocenters. The van der Waals surface area contributed by atoms with Gasteiger partial charge >= 0.3 is 0 Å². The van der Waals surface area contributed by atoms with Crippen LogP contribution in [0.15, 0.2) is 48.5 Å². The van der Waals surface area contributed by atoms with Gasteiger partial charge in [-0.05, 0) is 75.5 Å². The zero-order valence-electron chi connectivity index (χ0n) is 22.0. The van der Waals surface area contributed by atoms with Crippen molar-refractivity contribution in [2.75, 3.05) is 92.8 Å². The summed E-state index contributed by atoms with van der Waals surface area (Å²) in [4.78, 5) is 22.6. The van der Waals surface area contributed by atoms with Crippen LogP contribution in [-0.4, -0.2) is 118 Å². The lowest BCUT2D eigenvalue weighted by Crippen LogP contribution is -2.44. The smallest absolute Gasteiger partial charge is 0.193 e. The fraction of sp³-hybridized carbons (Fsp3) is 0.552. The van der Waals surface area contributed by atoms with E-state index < -0.39 is 0 Å². The molecule has 0 radical (unpaired) electrons. The Hall–Kier alpha value is -2.45. The van der Waals surface area contributed by atoms with E-state index in [-0.39, 0.29) is 5.78 Å². The molecular weight excluding hydrogens is 452 g/mol. The fourth-order valence-corrected chi connectivity index (χ4v) is 4.67. The van der Waals surface area contributed by atoms with Gasteiger partial charge in [-0.25, -0.2) is 0 Å². The van der Waals surface area contributed by atoms with Crippen molar-refractivity contribution in [3.8, 4) is 11.5 Å². The van der Waals surface area contributed by atoms with Crippen LogP contribution in [0.4, 0.5) is 0 Å². The summed E-state index contributed by atoms with van der Waals surface area (Å²) in [5.41, 5.74) is 1.33. The Bertz CT molecular complexity index is 843. The summed E-state index contributed by atoms with van der Waals surface area (Å²) in [6.45, 7) is 12.6. The van der Waals surface area contributed by atoms with E-state index in [0.717, 1.165) is 89.8 Å². The second-order valence-corrected chi connectivity index (χ2v) is 10.1. The number of piperazine rings is 2. The molecule has 0 bridgehead atoms. The van der Waals surface area contributed by atoms with Crippen molar-refractivity contribution in [2.24, 2.45) is 0 Å². The topological polar surface area (TPSA) is 48.5 Å². The molecule has 2 aliphatic heterocycles. The van der Waals surface area contributed by atoms with E-state index in [1.807, 2.05) is 48.5 Å². The van der Waals surface area contributed by atoms with Crippen molar-refractivity contribution in [3.05, 3.63) is 59.7 Å². The number of nitrogens with zero attached hydrogens (tertiary/aromatic N) is 4. The van der Waals surface area contributed by atoms with Gasteiger partial charge < -0.3 is 29.1 Å². The lowest BCUT2D eigenvalue weighted by Gasteiger charge is -2.32. The molecular formula is C29H42N4O3. The first-order valence-electron chi connectivity index (χ1n) is 13.4. The lowest BCUT2D eigenvalue weighted by molar-refractivity contribution is 0.103. The molecule has 196 valence electrons. The van der Waals surface area contributed by atoms with Crippen LogP contribution in [0, 0.1) is 0 Å². The van der Waals surface area contributed by atoms with Crippen molar-refractivity contribution in [2.45, 2.75) is 12.8 Å². The molecule has 0 saturated carbocycles. The largest absolute Gasteiger partial charge is 0.494 e. The van der Waals surface area contributed by atoms with Gasteiger partial charge in [0, 0.05) is 76.6 Å². The SMILES string of the molecule is CN1CCN(CCCOc2ccc(C(=O)c3ccc(OCCCN4CCN(C)CC4)cc3)cc2)CC1. The van der Waals surface area contributed by atoms with Gasteiger partial charge in [0.25, 0.3) is 0 Å². The maximum Gasteiger partial charge on any atom is 0.193 e. The second-order valence-electron chi connectivity index (χ2n) is 10.1. The van der Waals surface area contributed by atoms with Crippen LogP contribution < -0.4 is 9.47 Å². The molecule has 0 aromatic heterocycles. The molecule has 7 heteroatoms. The molecule has 0 amide bonds. The monoisotopic (exact) mass is 494 g/mol. The Kier molecular flexibility index (Phi) is 10.2. The minimum Gasteiger partial charge on any atom is -0.494 e. The van der Waals surface area contributed by atoms with Crippen molar-refractivity contribution < 1.29 is 14.3 Å². The minimum absolute atomic E-state index is 0.0123. The van der Waals surface area contributed by atoms with Crippen molar-refractivity contribution >= 4 is 5.78 Å². The Morgan fingerprint density at radius 2 is 0.972 bits per heavy atom. The molecule has 2 aromatic rings. The lowest BCUT2D eigenvalue weighted by atomic mass is 10.0. The Morgan fingerprint density at radius 1 is 0.611 bits per heavy atom. The minimum atomic E-state index is 0.0123. The predicted molar refractivity (Wildman–Crippen MR) is 144 cm³/mol. The zero-order valence-corrected chi connectivity index (χ0v) is 22.0. The van der Waals surface area contributed by atoms with E-state index in [2.05, 4.69) is 33.7 Å². The third kappa shape index (κ3) is 8.30. The van der Waals surface area contributed by atoms with E-state index in [4.69, 9.17) is 9.47 Å².